The van der Waals surface area contributed by atoms with Crippen LogP contribution in [0.2, 0.25) is 0 Å². The highest BCUT2D eigenvalue weighted by Gasteiger charge is 2.07. The van der Waals surface area contributed by atoms with Gasteiger partial charge in [-0.3, -0.25) is 14.3 Å². The van der Waals surface area contributed by atoms with Gasteiger partial charge in [-0.2, -0.15) is 0 Å². The van der Waals surface area contributed by atoms with Gasteiger partial charge in [0.1, 0.15) is 0 Å². The first-order valence-electron chi connectivity index (χ1n) is 7.13. The van der Waals surface area contributed by atoms with Crippen LogP contribution in [0, 0.1) is 10.1 Å². The van der Waals surface area contributed by atoms with E-state index in [0.717, 1.165) is 10.5 Å². The van der Waals surface area contributed by atoms with E-state index in [9.17, 15) is 19.1 Å². The molecule has 0 aliphatic carbocycles. The van der Waals surface area contributed by atoms with Crippen molar-refractivity contribution in [3.63, 3.8) is 0 Å². The number of nitro groups is 1. The Bertz CT molecular complexity index is 762. The fraction of sp³-hybridized carbons (Fsp3) is 0.188. The molecule has 1 unspecified atom stereocenters. The molecular weight excluding hydrogens is 330 g/mol. The lowest BCUT2D eigenvalue weighted by atomic mass is 10.2. The van der Waals surface area contributed by atoms with Crippen molar-refractivity contribution in [2.24, 2.45) is 0 Å². The van der Waals surface area contributed by atoms with Crippen LogP contribution in [0.1, 0.15) is 11.1 Å². The first-order chi connectivity index (χ1) is 11.5. The van der Waals surface area contributed by atoms with Crippen LogP contribution >= 0.6 is 0 Å². The zero-order valence-corrected chi connectivity index (χ0v) is 13.8. The molecule has 0 bridgehead atoms. The van der Waals surface area contributed by atoms with Gasteiger partial charge in [0.05, 0.1) is 4.92 Å². The number of amides is 2. The Kier molecular flexibility index (Phi) is 6.02. The summed E-state index contributed by atoms with van der Waals surface area (Å²) in [6.45, 7) is 0.526. The second-order valence-corrected chi connectivity index (χ2v) is 6.44. The molecule has 126 valence electrons. The van der Waals surface area contributed by atoms with Gasteiger partial charge in [-0.25, -0.2) is 4.79 Å². The van der Waals surface area contributed by atoms with Crippen molar-refractivity contribution in [2.45, 2.75) is 18.0 Å². The number of nitrogens with zero attached hydrogens (tertiary/aromatic N) is 1. The fourth-order valence-corrected chi connectivity index (χ4v) is 2.53. The minimum absolute atomic E-state index is 0.0110. The van der Waals surface area contributed by atoms with Crippen LogP contribution in [-0.4, -0.2) is 21.4 Å². The molecule has 0 saturated carbocycles. The van der Waals surface area contributed by atoms with Gasteiger partial charge in [-0.1, -0.05) is 24.3 Å². The monoisotopic (exact) mass is 347 g/mol. The van der Waals surface area contributed by atoms with E-state index >= 15 is 0 Å². The van der Waals surface area contributed by atoms with Crippen molar-refractivity contribution in [1.29, 1.82) is 0 Å². The number of hydrogen-bond donors (Lipinski definition) is 2. The van der Waals surface area contributed by atoms with Crippen LogP contribution < -0.4 is 10.6 Å². The van der Waals surface area contributed by atoms with E-state index in [2.05, 4.69) is 10.6 Å². The third kappa shape index (κ3) is 5.17. The standard InChI is InChI=1S/C16H17N3O4S/c1-24(23)15-7-5-12(6-8-15)10-17-16(20)18-11-13-3-2-4-14(9-13)19(21)22/h2-9H,10-11H2,1H3,(H2,17,18,20). The molecule has 2 amide bonds. The highest BCUT2D eigenvalue weighted by Crippen LogP contribution is 2.12. The van der Waals surface area contributed by atoms with Crippen molar-refractivity contribution < 1.29 is 13.9 Å². The highest BCUT2D eigenvalue weighted by atomic mass is 32.2. The summed E-state index contributed by atoms with van der Waals surface area (Å²) in [7, 11) is -1.03. The Labute approximate surface area is 141 Å². The van der Waals surface area contributed by atoms with Gasteiger partial charge >= 0.3 is 6.03 Å². The van der Waals surface area contributed by atoms with E-state index in [0.29, 0.717) is 12.1 Å². The topological polar surface area (TPSA) is 101 Å². The Hall–Kier alpha value is -2.74. The van der Waals surface area contributed by atoms with Crippen molar-refractivity contribution in [3.05, 3.63) is 69.8 Å². The Morgan fingerprint density at radius 2 is 1.71 bits per heavy atom. The molecule has 8 heteroatoms. The minimum Gasteiger partial charge on any atom is -0.334 e. The second-order valence-electron chi connectivity index (χ2n) is 5.06. The second kappa shape index (κ2) is 8.21. The maximum Gasteiger partial charge on any atom is 0.315 e. The lowest BCUT2D eigenvalue weighted by Crippen LogP contribution is -2.34. The van der Waals surface area contributed by atoms with E-state index in [1.807, 2.05) is 0 Å². The summed E-state index contributed by atoms with van der Waals surface area (Å²) in [6.07, 6.45) is 1.61. The third-order valence-electron chi connectivity index (χ3n) is 3.28. The van der Waals surface area contributed by atoms with Crippen LogP contribution in [-0.2, 0) is 23.9 Å². The fourth-order valence-electron chi connectivity index (χ4n) is 2.01. The minimum atomic E-state index is -1.03. The maximum absolute atomic E-state index is 11.8. The summed E-state index contributed by atoms with van der Waals surface area (Å²) in [5.74, 6) is 0. The molecule has 0 aromatic heterocycles. The predicted octanol–water partition coefficient (Wildman–Crippen LogP) is 2.33. The molecule has 0 aliphatic rings. The molecule has 7 nitrogen and oxygen atoms in total. The molecular formula is C16H17N3O4S. The molecule has 0 aliphatic heterocycles. The lowest BCUT2D eigenvalue weighted by molar-refractivity contribution is -0.384. The van der Waals surface area contributed by atoms with Crippen LogP contribution in [0.5, 0.6) is 0 Å². The largest absolute Gasteiger partial charge is 0.334 e. The number of hydrogen-bond acceptors (Lipinski definition) is 4. The van der Waals surface area contributed by atoms with Crippen LogP contribution in [0.25, 0.3) is 0 Å². The quantitative estimate of drug-likeness (QED) is 0.618. The first-order valence-corrected chi connectivity index (χ1v) is 8.69. The number of carbonyl (C=O) groups excluding carboxylic acids is 1. The Balaban J connectivity index is 1.82. The Morgan fingerprint density at radius 3 is 2.29 bits per heavy atom. The van der Waals surface area contributed by atoms with E-state index in [4.69, 9.17) is 0 Å². The van der Waals surface area contributed by atoms with Crippen LogP contribution in [0.4, 0.5) is 10.5 Å². The maximum atomic E-state index is 11.8. The molecule has 0 saturated heterocycles. The number of nitrogens with one attached hydrogen (secondary N) is 2. The zero-order valence-electron chi connectivity index (χ0n) is 13.0. The van der Waals surface area contributed by atoms with Crippen molar-refractivity contribution in [3.8, 4) is 0 Å². The summed E-state index contributed by atoms with van der Waals surface area (Å²) < 4.78 is 11.3. The average molecular weight is 347 g/mol. The molecule has 2 aromatic rings. The molecule has 2 N–H and O–H groups in total. The first kappa shape index (κ1) is 17.6. The smallest absolute Gasteiger partial charge is 0.315 e. The van der Waals surface area contributed by atoms with Crippen LogP contribution in [0.3, 0.4) is 0 Å². The predicted molar refractivity (Wildman–Crippen MR) is 90.9 cm³/mol. The molecule has 0 radical (unpaired) electrons. The van der Waals surface area contributed by atoms with E-state index < -0.39 is 15.7 Å². The molecule has 0 fully saturated rings. The van der Waals surface area contributed by atoms with E-state index in [1.54, 1.807) is 42.7 Å². The summed E-state index contributed by atoms with van der Waals surface area (Å²) in [4.78, 5) is 22.7. The Morgan fingerprint density at radius 1 is 1.08 bits per heavy atom. The lowest BCUT2D eigenvalue weighted by Gasteiger charge is -2.08. The van der Waals surface area contributed by atoms with Crippen molar-refractivity contribution >= 4 is 22.5 Å². The molecule has 0 heterocycles. The summed E-state index contributed by atoms with van der Waals surface area (Å²) >= 11 is 0. The van der Waals surface area contributed by atoms with Gasteiger partial charge < -0.3 is 10.6 Å². The SMILES string of the molecule is CS(=O)c1ccc(CNC(=O)NCc2cccc([N+](=O)[O-])c2)cc1. The number of urea groups is 1. The van der Waals surface area contributed by atoms with Gasteiger partial charge in [-0.15, -0.1) is 0 Å². The molecule has 24 heavy (non-hydrogen) atoms. The summed E-state index contributed by atoms with van der Waals surface area (Å²) in [5.41, 5.74) is 1.52. The molecule has 0 spiro atoms. The van der Waals surface area contributed by atoms with Gasteiger partial charge in [0.25, 0.3) is 5.69 Å². The number of non-ortho nitro benzene ring substituents is 1. The normalized spacial score (nSPS) is 11.5. The van der Waals surface area contributed by atoms with Gasteiger partial charge in [-0.05, 0) is 23.3 Å². The highest BCUT2D eigenvalue weighted by molar-refractivity contribution is 7.84. The third-order valence-corrected chi connectivity index (χ3v) is 4.22. The zero-order chi connectivity index (χ0) is 17.5. The molecule has 2 aromatic carbocycles. The molecule has 1 atom stereocenters. The molecule has 2 rings (SSSR count). The average Bonchev–Trinajstić information content (AvgIpc) is 2.58. The van der Waals surface area contributed by atoms with Gasteiger partial charge in [0.2, 0.25) is 0 Å². The van der Waals surface area contributed by atoms with Crippen molar-refractivity contribution in [1.82, 2.24) is 10.6 Å². The number of carbonyl (C=O) groups is 1. The van der Waals surface area contributed by atoms with Gasteiger partial charge in [0, 0.05) is 47.2 Å². The van der Waals surface area contributed by atoms with Crippen molar-refractivity contribution in [2.75, 3.05) is 6.26 Å². The summed E-state index contributed by atoms with van der Waals surface area (Å²) in [6, 6.07) is 12.9. The van der Waals surface area contributed by atoms with Gasteiger partial charge in [0.15, 0.2) is 0 Å². The van der Waals surface area contributed by atoms with E-state index in [1.165, 1.54) is 12.1 Å². The number of nitro benzene ring substituents is 1. The number of benzene rings is 2. The van der Waals surface area contributed by atoms with E-state index in [-0.39, 0.29) is 18.3 Å². The van der Waals surface area contributed by atoms with Crippen LogP contribution in [0.15, 0.2) is 53.4 Å². The summed E-state index contributed by atoms with van der Waals surface area (Å²) in [5, 5.41) is 16.0. The number of rotatable bonds is 6.